The summed E-state index contributed by atoms with van der Waals surface area (Å²) in [6.45, 7) is 2.31. The molecule has 0 bridgehead atoms. The van der Waals surface area contributed by atoms with Gasteiger partial charge in [-0.05, 0) is 5.92 Å². The molecule has 0 aromatic carbocycles. The van der Waals surface area contributed by atoms with Crippen molar-refractivity contribution in [1.29, 1.82) is 0 Å². The summed E-state index contributed by atoms with van der Waals surface area (Å²) in [5.41, 5.74) is 0. The highest BCUT2D eigenvalue weighted by Gasteiger charge is 2.12. The van der Waals surface area contributed by atoms with Gasteiger partial charge >= 0.3 is 0 Å². The average Bonchev–Trinajstić information content (AvgIpc) is 3.14. The Kier molecular flexibility index (Phi) is 41.7. The largest absolute Gasteiger partial charge is 0.0654 e. The van der Waals surface area contributed by atoms with Crippen molar-refractivity contribution in [2.75, 3.05) is 0 Å². The van der Waals surface area contributed by atoms with Crippen molar-refractivity contribution in [3.05, 3.63) is 0 Å². The Balaban J connectivity index is 1.59. The molecule has 1 rings (SSSR count). The van der Waals surface area contributed by atoms with Crippen molar-refractivity contribution in [2.24, 2.45) is 5.92 Å². The number of hydrogen-bond donors (Lipinski definition) is 0. The lowest BCUT2D eigenvalue weighted by atomic mass is 9.85. The minimum Gasteiger partial charge on any atom is -0.0654 e. The fourth-order valence-corrected chi connectivity index (χ4v) is 9.05. The Morgan fingerprint density at radius 3 is 0.600 bits per heavy atom. The summed E-state index contributed by atoms with van der Waals surface area (Å²) in [4.78, 5) is 0. The lowest BCUT2D eigenvalue weighted by Crippen LogP contribution is -2.05. The predicted molar refractivity (Wildman–Crippen MR) is 231 cm³/mol. The lowest BCUT2D eigenvalue weighted by Gasteiger charge is -2.21. The monoisotopic (exact) mass is 701 g/mol. The van der Waals surface area contributed by atoms with Gasteiger partial charge < -0.3 is 0 Å². The van der Waals surface area contributed by atoms with Gasteiger partial charge in [-0.2, -0.15) is 0 Å². The second kappa shape index (κ2) is 43.4. The third-order valence-corrected chi connectivity index (χ3v) is 12.7. The van der Waals surface area contributed by atoms with Gasteiger partial charge in [-0.3, -0.25) is 0 Å². The molecule has 0 aromatic heterocycles. The van der Waals surface area contributed by atoms with E-state index in [1.165, 1.54) is 289 Å². The first kappa shape index (κ1) is 48.0. The van der Waals surface area contributed by atoms with Crippen molar-refractivity contribution >= 4 is 0 Å². The van der Waals surface area contributed by atoms with Gasteiger partial charge in [0.1, 0.15) is 0 Å². The van der Waals surface area contributed by atoms with E-state index in [1.807, 2.05) is 0 Å². The van der Waals surface area contributed by atoms with E-state index in [9.17, 15) is 0 Å². The maximum atomic E-state index is 2.31. The zero-order valence-electron chi connectivity index (χ0n) is 35.5. The van der Waals surface area contributed by atoms with Crippen molar-refractivity contribution in [1.82, 2.24) is 0 Å². The van der Waals surface area contributed by atoms with Crippen molar-refractivity contribution < 1.29 is 0 Å². The standard InChI is InChI=1S/C50H100/c1-2-3-4-5-6-7-8-9-10-11-12-13-14-15-16-17-18-19-20-21-22-23-24-25-26-27-28-29-30-31-32-33-34-35-36-37-38-39-40-41-42-44-47-50-48-45-43-46-49-50/h50H,2-49H2,1H3. The Hall–Kier alpha value is 0. The first-order chi connectivity index (χ1) is 24.9. The Labute approximate surface area is 320 Å². The molecular formula is C50H100. The highest BCUT2D eigenvalue weighted by atomic mass is 14.2. The van der Waals surface area contributed by atoms with Crippen LogP contribution in [0.2, 0.25) is 0 Å². The SMILES string of the molecule is CCCCCCCCCCCCCCCCCCCCCCCCCCCCCCCCCCCCCCCCCCCCC1CCCCC1. The third-order valence-electron chi connectivity index (χ3n) is 12.7. The van der Waals surface area contributed by atoms with Crippen LogP contribution in [0.3, 0.4) is 0 Å². The van der Waals surface area contributed by atoms with Gasteiger partial charge in [-0.15, -0.1) is 0 Å². The van der Waals surface area contributed by atoms with Gasteiger partial charge in [0, 0.05) is 0 Å². The Bertz CT molecular complexity index is 573. The molecular weight excluding hydrogens is 601 g/mol. The number of rotatable bonds is 43. The molecule has 0 saturated heterocycles. The molecule has 300 valence electrons. The molecule has 0 radical (unpaired) electrons. The second-order valence-electron chi connectivity index (χ2n) is 17.8. The van der Waals surface area contributed by atoms with Crippen LogP contribution in [0.15, 0.2) is 0 Å². The molecule has 0 heterocycles. The summed E-state index contributed by atoms with van der Waals surface area (Å²) in [6.07, 6.45) is 71.9. The average molecular weight is 701 g/mol. The van der Waals surface area contributed by atoms with E-state index in [0.717, 1.165) is 5.92 Å². The Morgan fingerprint density at radius 2 is 0.400 bits per heavy atom. The van der Waals surface area contributed by atoms with Gasteiger partial charge in [-0.25, -0.2) is 0 Å². The van der Waals surface area contributed by atoms with E-state index >= 15 is 0 Å². The molecule has 0 N–H and O–H groups in total. The fourth-order valence-electron chi connectivity index (χ4n) is 9.05. The summed E-state index contributed by atoms with van der Waals surface area (Å²) in [5.74, 6) is 1.10. The van der Waals surface area contributed by atoms with Gasteiger partial charge in [0.2, 0.25) is 0 Å². The van der Waals surface area contributed by atoms with Crippen LogP contribution < -0.4 is 0 Å². The fraction of sp³-hybridized carbons (Fsp3) is 1.00. The molecule has 0 amide bonds. The van der Waals surface area contributed by atoms with E-state index < -0.39 is 0 Å². The second-order valence-corrected chi connectivity index (χ2v) is 17.8. The van der Waals surface area contributed by atoms with E-state index in [4.69, 9.17) is 0 Å². The van der Waals surface area contributed by atoms with E-state index in [0.29, 0.717) is 0 Å². The predicted octanol–water partition coefficient (Wildman–Crippen LogP) is 19.4. The summed E-state index contributed by atoms with van der Waals surface area (Å²) in [6, 6.07) is 0. The van der Waals surface area contributed by atoms with Crippen LogP contribution in [0.4, 0.5) is 0 Å². The smallest absolute Gasteiger partial charge is 0.0414 e. The number of unbranched alkanes of at least 4 members (excludes halogenated alkanes) is 41. The zero-order chi connectivity index (χ0) is 35.5. The normalized spacial score (nSPS) is 13.9. The highest BCUT2D eigenvalue weighted by molar-refractivity contribution is 4.65. The van der Waals surface area contributed by atoms with Crippen LogP contribution in [-0.2, 0) is 0 Å². The van der Waals surface area contributed by atoms with Crippen LogP contribution in [0, 0.1) is 5.92 Å². The molecule has 50 heavy (non-hydrogen) atoms. The summed E-state index contributed by atoms with van der Waals surface area (Å²) < 4.78 is 0. The molecule has 0 aromatic rings. The van der Waals surface area contributed by atoms with Gasteiger partial charge in [0.15, 0.2) is 0 Å². The van der Waals surface area contributed by atoms with Gasteiger partial charge in [-0.1, -0.05) is 315 Å². The minimum atomic E-state index is 1.10. The van der Waals surface area contributed by atoms with Gasteiger partial charge in [0.25, 0.3) is 0 Å². The summed E-state index contributed by atoms with van der Waals surface area (Å²) in [7, 11) is 0. The highest BCUT2D eigenvalue weighted by Crippen LogP contribution is 2.28. The molecule has 0 unspecified atom stereocenters. The molecule has 1 aliphatic rings. The maximum absolute atomic E-state index is 2.31. The van der Waals surface area contributed by atoms with Crippen LogP contribution in [-0.4, -0.2) is 0 Å². The van der Waals surface area contributed by atoms with Gasteiger partial charge in [0.05, 0.1) is 0 Å². The summed E-state index contributed by atoms with van der Waals surface area (Å²) >= 11 is 0. The molecule has 1 aliphatic carbocycles. The van der Waals surface area contributed by atoms with Crippen LogP contribution in [0.1, 0.15) is 315 Å². The minimum absolute atomic E-state index is 1.10. The van der Waals surface area contributed by atoms with E-state index in [1.54, 1.807) is 19.3 Å². The van der Waals surface area contributed by atoms with Crippen LogP contribution in [0.5, 0.6) is 0 Å². The molecule has 1 fully saturated rings. The van der Waals surface area contributed by atoms with Crippen molar-refractivity contribution in [3.63, 3.8) is 0 Å². The topological polar surface area (TPSA) is 0 Å². The molecule has 0 spiro atoms. The molecule has 0 heteroatoms. The van der Waals surface area contributed by atoms with E-state index in [-0.39, 0.29) is 0 Å². The first-order valence-electron chi connectivity index (χ1n) is 24.9. The third kappa shape index (κ3) is 39.2. The van der Waals surface area contributed by atoms with E-state index in [2.05, 4.69) is 6.92 Å². The van der Waals surface area contributed by atoms with Crippen LogP contribution in [0.25, 0.3) is 0 Å². The maximum Gasteiger partial charge on any atom is -0.0414 e. The summed E-state index contributed by atoms with van der Waals surface area (Å²) in [5, 5.41) is 0. The molecule has 0 aliphatic heterocycles. The molecule has 0 atom stereocenters. The number of hydrogen-bond acceptors (Lipinski definition) is 0. The lowest BCUT2D eigenvalue weighted by molar-refractivity contribution is 0.328. The molecule has 1 saturated carbocycles. The quantitative estimate of drug-likeness (QED) is 0.0556. The zero-order valence-corrected chi connectivity index (χ0v) is 35.5. The van der Waals surface area contributed by atoms with Crippen molar-refractivity contribution in [3.8, 4) is 0 Å². The van der Waals surface area contributed by atoms with Crippen molar-refractivity contribution in [2.45, 2.75) is 315 Å². The first-order valence-corrected chi connectivity index (χ1v) is 24.9. The van der Waals surface area contributed by atoms with Crippen LogP contribution >= 0.6 is 0 Å². The molecule has 0 nitrogen and oxygen atoms in total. The Morgan fingerprint density at radius 1 is 0.220 bits per heavy atom.